The van der Waals surface area contributed by atoms with Crippen LogP contribution in [0, 0.1) is 0 Å². The molecule has 3 aliphatic rings. The Kier molecular flexibility index (Phi) is 6.57. The van der Waals surface area contributed by atoms with Crippen LogP contribution in [0.1, 0.15) is 30.7 Å². The summed E-state index contributed by atoms with van der Waals surface area (Å²) < 4.78 is 5.58. The van der Waals surface area contributed by atoms with E-state index in [1.807, 2.05) is 0 Å². The minimum Gasteiger partial charge on any atom is -0.378 e. The topological polar surface area (TPSA) is 48.0 Å². The van der Waals surface area contributed by atoms with Gasteiger partial charge < -0.3 is 14.5 Å². The lowest BCUT2D eigenvalue weighted by molar-refractivity contribution is 0.122. The van der Waals surface area contributed by atoms with Crippen molar-refractivity contribution in [2.45, 2.75) is 39.4 Å². The summed E-state index contributed by atoms with van der Waals surface area (Å²) in [5.41, 5.74) is 3.94. The Morgan fingerprint density at radius 1 is 0.875 bits per heavy atom. The molecule has 2 saturated heterocycles. The summed E-state index contributed by atoms with van der Waals surface area (Å²) in [4.78, 5) is 20.2. The standard InChI is InChI=1S/C25H36N6O/c1-20(2)29-10-12-30(13-11-29)24-22-8-9-28(18-21-6-4-3-5-7-21)19-23(22)26-25(27-24)31-14-16-32-17-15-31/h3-7,20H,8-19H2,1-2H3. The molecule has 7 heteroatoms. The van der Waals surface area contributed by atoms with Gasteiger partial charge in [-0.25, -0.2) is 4.98 Å². The fourth-order valence-electron chi connectivity index (χ4n) is 5.05. The zero-order chi connectivity index (χ0) is 21.9. The maximum Gasteiger partial charge on any atom is 0.227 e. The van der Waals surface area contributed by atoms with Crippen molar-refractivity contribution in [3.8, 4) is 0 Å². The predicted octanol–water partition coefficient (Wildman–Crippen LogP) is 2.40. The highest BCUT2D eigenvalue weighted by molar-refractivity contribution is 5.55. The molecule has 0 N–H and O–H groups in total. The van der Waals surface area contributed by atoms with Gasteiger partial charge >= 0.3 is 0 Å². The lowest BCUT2D eigenvalue weighted by atomic mass is 10.0. The molecule has 1 aromatic heterocycles. The number of fused-ring (bicyclic) bond motifs is 1. The number of piperazine rings is 1. The number of aromatic nitrogens is 2. The van der Waals surface area contributed by atoms with E-state index < -0.39 is 0 Å². The van der Waals surface area contributed by atoms with Crippen molar-refractivity contribution in [3.63, 3.8) is 0 Å². The highest BCUT2D eigenvalue weighted by Crippen LogP contribution is 2.30. The van der Waals surface area contributed by atoms with Gasteiger partial charge in [0.25, 0.3) is 0 Å². The fourth-order valence-corrected chi connectivity index (χ4v) is 5.05. The molecule has 2 fully saturated rings. The number of rotatable bonds is 5. The largest absolute Gasteiger partial charge is 0.378 e. The number of morpholine rings is 1. The molecule has 2 aromatic rings. The zero-order valence-corrected chi connectivity index (χ0v) is 19.5. The van der Waals surface area contributed by atoms with Crippen LogP contribution in [0.25, 0.3) is 0 Å². The van der Waals surface area contributed by atoms with Crippen molar-refractivity contribution in [2.24, 2.45) is 0 Å². The maximum absolute atomic E-state index is 5.58. The highest BCUT2D eigenvalue weighted by Gasteiger charge is 2.29. The number of anilines is 2. The Bertz CT molecular complexity index is 891. The molecule has 0 unspecified atom stereocenters. The number of nitrogens with zero attached hydrogens (tertiary/aromatic N) is 6. The monoisotopic (exact) mass is 436 g/mol. The lowest BCUT2D eigenvalue weighted by Crippen LogP contribution is -2.50. The Morgan fingerprint density at radius 2 is 1.62 bits per heavy atom. The molecule has 4 heterocycles. The first-order chi connectivity index (χ1) is 15.7. The molecule has 0 spiro atoms. The van der Waals surface area contributed by atoms with Gasteiger partial charge in [-0.2, -0.15) is 4.98 Å². The van der Waals surface area contributed by atoms with Crippen LogP contribution >= 0.6 is 0 Å². The molecule has 172 valence electrons. The molecule has 1 aromatic carbocycles. The number of hydrogen-bond donors (Lipinski definition) is 0. The third kappa shape index (κ3) is 4.75. The van der Waals surface area contributed by atoms with Crippen LogP contribution in [0.3, 0.4) is 0 Å². The van der Waals surface area contributed by atoms with Crippen LogP contribution in [0.5, 0.6) is 0 Å². The van der Waals surface area contributed by atoms with Gasteiger partial charge in [0, 0.05) is 70.5 Å². The predicted molar refractivity (Wildman–Crippen MR) is 128 cm³/mol. The Hall–Kier alpha value is -2.22. The first-order valence-corrected chi connectivity index (χ1v) is 12.1. The van der Waals surface area contributed by atoms with E-state index in [-0.39, 0.29) is 0 Å². The van der Waals surface area contributed by atoms with Gasteiger partial charge in [-0.1, -0.05) is 30.3 Å². The van der Waals surface area contributed by atoms with Crippen LogP contribution in [0.4, 0.5) is 11.8 Å². The van der Waals surface area contributed by atoms with E-state index >= 15 is 0 Å². The normalized spacial score (nSPS) is 20.6. The SMILES string of the molecule is CC(C)N1CCN(c2nc(N3CCOCC3)nc3c2CCN(Cc2ccccc2)C3)CC1. The molecule has 0 saturated carbocycles. The summed E-state index contributed by atoms with van der Waals surface area (Å²) in [6.07, 6.45) is 1.02. The summed E-state index contributed by atoms with van der Waals surface area (Å²) in [7, 11) is 0. The minimum atomic E-state index is 0.604. The summed E-state index contributed by atoms with van der Waals surface area (Å²) in [5.74, 6) is 2.06. The molecular formula is C25H36N6O. The first kappa shape index (κ1) is 21.6. The summed E-state index contributed by atoms with van der Waals surface area (Å²) >= 11 is 0. The van der Waals surface area contributed by atoms with Crippen molar-refractivity contribution >= 4 is 11.8 Å². The maximum atomic E-state index is 5.58. The van der Waals surface area contributed by atoms with Crippen molar-refractivity contribution in [1.82, 2.24) is 19.8 Å². The Morgan fingerprint density at radius 3 is 2.34 bits per heavy atom. The molecule has 0 amide bonds. The molecule has 32 heavy (non-hydrogen) atoms. The second-order valence-electron chi connectivity index (χ2n) is 9.43. The van der Waals surface area contributed by atoms with Gasteiger partial charge in [0.15, 0.2) is 0 Å². The van der Waals surface area contributed by atoms with Gasteiger partial charge in [-0.3, -0.25) is 9.80 Å². The minimum absolute atomic E-state index is 0.604. The van der Waals surface area contributed by atoms with Crippen molar-refractivity contribution < 1.29 is 4.74 Å². The Balaban J connectivity index is 1.41. The van der Waals surface area contributed by atoms with E-state index in [0.29, 0.717) is 6.04 Å². The van der Waals surface area contributed by atoms with Crippen LogP contribution < -0.4 is 9.80 Å². The van der Waals surface area contributed by atoms with Gasteiger partial charge in [-0.15, -0.1) is 0 Å². The van der Waals surface area contributed by atoms with Gasteiger partial charge in [0.1, 0.15) is 5.82 Å². The smallest absolute Gasteiger partial charge is 0.227 e. The summed E-state index contributed by atoms with van der Waals surface area (Å²) in [6.45, 7) is 15.0. The highest BCUT2D eigenvalue weighted by atomic mass is 16.5. The average molecular weight is 437 g/mol. The molecule has 0 aliphatic carbocycles. The van der Waals surface area contributed by atoms with E-state index in [4.69, 9.17) is 14.7 Å². The second kappa shape index (κ2) is 9.73. The average Bonchev–Trinajstić information content (AvgIpc) is 2.84. The number of benzene rings is 1. The van der Waals surface area contributed by atoms with Gasteiger partial charge in [-0.05, 0) is 25.8 Å². The molecule has 3 aliphatic heterocycles. The molecule has 0 radical (unpaired) electrons. The van der Waals surface area contributed by atoms with E-state index in [2.05, 4.69) is 63.8 Å². The fraction of sp³-hybridized carbons (Fsp3) is 0.600. The van der Waals surface area contributed by atoms with E-state index in [0.717, 1.165) is 84.5 Å². The van der Waals surface area contributed by atoms with E-state index in [9.17, 15) is 0 Å². The molecule has 7 nitrogen and oxygen atoms in total. The number of ether oxygens (including phenoxy) is 1. The molecule has 0 bridgehead atoms. The first-order valence-electron chi connectivity index (χ1n) is 12.1. The van der Waals surface area contributed by atoms with Crippen LogP contribution in [0.2, 0.25) is 0 Å². The third-order valence-electron chi connectivity index (χ3n) is 7.00. The third-order valence-corrected chi connectivity index (χ3v) is 7.00. The van der Waals surface area contributed by atoms with Crippen LogP contribution in [-0.2, 0) is 24.2 Å². The quantitative estimate of drug-likeness (QED) is 0.713. The second-order valence-corrected chi connectivity index (χ2v) is 9.43. The zero-order valence-electron chi connectivity index (χ0n) is 19.5. The van der Waals surface area contributed by atoms with Crippen LogP contribution in [0.15, 0.2) is 30.3 Å². The van der Waals surface area contributed by atoms with Gasteiger partial charge in [0.05, 0.1) is 18.9 Å². The van der Waals surface area contributed by atoms with Crippen molar-refractivity contribution in [1.29, 1.82) is 0 Å². The van der Waals surface area contributed by atoms with E-state index in [1.165, 1.54) is 22.6 Å². The molecular weight excluding hydrogens is 400 g/mol. The Labute approximate surface area is 192 Å². The van der Waals surface area contributed by atoms with Gasteiger partial charge in [0.2, 0.25) is 5.95 Å². The van der Waals surface area contributed by atoms with Crippen LogP contribution in [-0.4, -0.2) is 84.8 Å². The molecule has 5 rings (SSSR count). The molecule has 0 atom stereocenters. The summed E-state index contributed by atoms with van der Waals surface area (Å²) in [5, 5.41) is 0. The van der Waals surface area contributed by atoms with Crippen molar-refractivity contribution in [2.75, 3.05) is 68.8 Å². The summed E-state index contributed by atoms with van der Waals surface area (Å²) in [6, 6.07) is 11.4. The number of hydrogen-bond acceptors (Lipinski definition) is 7. The van der Waals surface area contributed by atoms with E-state index in [1.54, 1.807) is 0 Å². The van der Waals surface area contributed by atoms with Crippen molar-refractivity contribution in [3.05, 3.63) is 47.2 Å². The lowest BCUT2D eigenvalue weighted by Gasteiger charge is -2.40.